The van der Waals surface area contributed by atoms with Crippen molar-refractivity contribution in [2.75, 3.05) is 24.9 Å². The summed E-state index contributed by atoms with van der Waals surface area (Å²) in [5.41, 5.74) is 2.44. The van der Waals surface area contributed by atoms with Gasteiger partial charge in [-0.05, 0) is 60.7 Å². The minimum atomic E-state index is 0.297. The number of benzene rings is 3. The Kier molecular flexibility index (Phi) is 7.23. The molecule has 7 nitrogen and oxygen atoms in total. The Balaban J connectivity index is 1.73. The van der Waals surface area contributed by atoms with Gasteiger partial charge < -0.3 is 20.1 Å². The molecule has 0 atom stereocenters. The van der Waals surface area contributed by atoms with Crippen LogP contribution in [0, 0.1) is 0 Å². The lowest BCUT2D eigenvalue weighted by molar-refractivity contribution is 0.414. The van der Waals surface area contributed by atoms with Crippen molar-refractivity contribution < 1.29 is 9.47 Å². The van der Waals surface area contributed by atoms with Gasteiger partial charge in [0.05, 0.1) is 19.9 Å². The Morgan fingerprint density at radius 1 is 0.970 bits per heavy atom. The van der Waals surface area contributed by atoms with E-state index >= 15 is 0 Å². The number of ether oxygens (including phenoxy) is 2. The average molecular weight is 498 g/mol. The molecule has 4 rings (SSSR count). The smallest absolute Gasteiger partial charge is 0.225 e. The zero-order valence-corrected chi connectivity index (χ0v) is 20.2. The number of anilines is 3. The highest BCUT2D eigenvalue weighted by molar-refractivity contribution is 7.80. The van der Waals surface area contributed by atoms with Gasteiger partial charge in [0, 0.05) is 40.1 Å². The summed E-state index contributed by atoms with van der Waals surface area (Å²) in [4.78, 5) is 5.19. The molecule has 33 heavy (non-hydrogen) atoms. The van der Waals surface area contributed by atoms with Gasteiger partial charge in [0.2, 0.25) is 10.7 Å². The molecule has 3 aromatic carbocycles. The zero-order valence-electron chi connectivity index (χ0n) is 17.8. The van der Waals surface area contributed by atoms with Gasteiger partial charge in [-0.15, -0.1) is 0 Å². The Labute approximate surface area is 205 Å². The molecule has 0 bridgehead atoms. The summed E-state index contributed by atoms with van der Waals surface area (Å²) < 4.78 is 17.2. The molecule has 0 saturated carbocycles. The van der Waals surface area contributed by atoms with Gasteiger partial charge in [-0.25, -0.2) is 0 Å². The predicted molar refractivity (Wildman–Crippen MR) is 138 cm³/mol. The number of hydrogen-bond donors (Lipinski definition) is 2. The minimum Gasteiger partial charge on any atom is -0.497 e. The van der Waals surface area contributed by atoms with Crippen LogP contribution in [-0.4, -0.2) is 28.3 Å². The molecule has 10 heteroatoms. The maximum atomic E-state index is 5.96. The number of nitrogens with one attached hydrogen (secondary N) is 2. The van der Waals surface area contributed by atoms with E-state index in [9.17, 15) is 0 Å². The number of nitrogens with zero attached hydrogens (tertiary/aromatic N) is 3. The predicted octanol–water partition coefficient (Wildman–Crippen LogP) is 5.65. The second-order valence-electron chi connectivity index (χ2n) is 6.73. The first kappa shape index (κ1) is 22.8. The van der Waals surface area contributed by atoms with Gasteiger partial charge in [-0.2, -0.15) is 9.37 Å². The molecule has 0 fully saturated rings. The fourth-order valence-electron chi connectivity index (χ4n) is 2.99. The second-order valence-corrected chi connectivity index (χ2v) is 8.28. The van der Waals surface area contributed by atoms with Crippen LogP contribution in [-0.2, 0) is 0 Å². The van der Waals surface area contributed by atoms with Crippen LogP contribution in [0.3, 0.4) is 0 Å². The lowest BCUT2D eigenvalue weighted by atomic mass is 10.3. The summed E-state index contributed by atoms with van der Waals surface area (Å²) in [6, 6.07) is 22.5. The van der Waals surface area contributed by atoms with Crippen LogP contribution in [0.2, 0.25) is 5.02 Å². The Morgan fingerprint density at radius 2 is 1.67 bits per heavy atom. The SMILES string of the molecule is COc1cccc(Nc2ns/c(=N\C(=S)Nc3ccc(Cl)cc3)n2-c2cccc(OC)c2)c1. The molecule has 168 valence electrons. The van der Waals surface area contributed by atoms with Gasteiger partial charge in [0.1, 0.15) is 11.5 Å². The third-order valence-corrected chi connectivity index (χ3v) is 5.69. The van der Waals surface area contributed by atoms with E-state index in [0.29, 0.717) is 26.6 Å². The first-order valence-electron chi connectivity index (χ1n) is 9.81. The molecule has 0 saturated heterocycles. The highest BCUT2D eigenvalue weighted by atomic mass is 35.5. The van der Waals surface area contributed by atoms with E-state index in [1.54, 1.807) is 26.4 Å². The van der Waals surface area contributed by atoms with E-state index in [1.807, 2.05) is 65.2 Å². The molecule has 0 spiro atoms. The quantitative estimate of drug-likeness (QED) is 0.335. The minimum absolute atomic E-state index is 0.297. The Hall–Kier alpha value is -3.40. The number of thiocarbonyl (C=S) groups is 1. The molecule has 0 unspecified atom stereocenters. The Bertz CT molecular complexity index is 1340. The standard InChI is InChI=1S/C23H20ClN5O2S2/c1-30-19-7-3-5-17(13-19)25-21-28-33-23(29(21)18-6-4-8-20(14-18)31-2)27-22(32)26-16-11-9-15(24)10-12-16/h3-14H,1-2H3,(H,25,28)(H,26,32)/b27-23-. The molecular weight excluding hydrogens is 478 g/mol. The number of aromatic nitrogens is 2. The molecule has 4 aromatic rings. The fraction of sp³-hybridized carbons (Fsp3) is 0.0870. The molecule has 0 radical (unpaired) electrons. The van der Waals surface area contributed by atoms with Crippen molar-refractivity contribution in [1.29, 1.82) is 0 Å². The van der Waals surface area contributed by atoms with E-state index in [0.717, 1.165) is 22.8 Å². The number of halogens is 1. The zero-order chi connectivity index (χ0) is 23.2. The molecular formula is C23H20ClN5O2S2. The first-order chi connectivity index (χ1) is 16.1. The van der Waals surface area contributed by atoms with E-state index in [4.69, 9.17) is 33.3 Å². The molecule has 2 N–H and O–H groups in total. The van der Waals surface area contributed by atoms with Crippen LogP contribution in [0.1, 0.15) is 0 Å². The molecule has 1 heterocycles. The third kappa shape index (κ3) is 5.70. The summed E-state index contributed by atoms with van der Waals surface area (Å²) >= 11 is 12.7. The van der Waals surface area contributed by atoms with E-state index in [1.165, 1.54) is 11.5 Å². The lowest BCUT2D eigenvalue weighted by Gasteiger charge is -2.11. The van der Waals surface area contributed by atoms with Gasteiger partial charge in [0.25, 0.3) is 0 Å². The fourth-order valence-corrected chi connectivity index (χ4v) is 4.08. The molecule has 1 aromatic heterocycles. The van der Waals surface area contributed by atoms with E-state index in [2.05, 4.69) is 20.0 Å². The van der Waals surface area contributed by atoms with E-state index < -0.39 is 0 Å². The summed E-state index contributed by atoms with van der Waals surface area (Å²) in [5.74, 6) is 2.03. The van der Waals surface area contributed by atoms with Crippen LogP contribution in [0.15, 0.2) is 77.8 Å². The average Bonchev–Trinajstić information content (AvgIpc) is 3.22. The van der Waals surface area contributed by atoms with Gasteiger partial charge in [-0.3, -0.25) is 4.57 Å². The highest BCUT2D eigenvalue weighted by Crippen LogP contribution is 2.24. The van der Waals surface area contributed by atoms with Crippen LogP contribution in [0.25, 0.3) is 5.69 Å². The topological polar surface area (TPSA) is 72.7 Å². The van der Waals surface area contributed by atoms with Crippen LogP contribution < -0.4 is 24.9 Å². The van der Waals surface area contributed by atoms with Crippen LogP contribution in [0.4, 0.5) is 17.3 Å². The number of rotatable bonds is 6. The van der Waals surface area contributed by atoms with Crippen molar-refractivity contribution in [3.63, 3.8) is 0 Å². The van der Waals surface area contributed by atoms with Crippen molar-refractivity contribution >= 4 is 57.8 Å². The van der Waals surface area contributed by atoms with Crippen molar-refractivity contribution in [2.24, 2.45) is 4.99 Å². The molecule has 0 aliphatic carbocycles. The lowest BCUT2D eigenvalue weighted by Crippen LogP contribution is -2.19. The molecule has 0 aliphatic heterocycles. The van der Waals surface area contributed by atoms with E-state index in [-0.39, 0.29) is 0 Å². The summed E-state index contributed by atoms with van der Waals surface area (Å²) in [5, 5.41) is 7.38. The van der Waals surface area contributed by atoms with Gasteiger partial charge >= 0.3 is 0 Å². The van der Waals surface area contributed by atoms with Crippen LogP contribution >= 0.6 is 35.4 Å². The van der Waals surface area contributed by atoms with Crippen molar-refractivity contribution in [3.05, 3.63) is 82.6 Å². The molecule has 0 amide bonds. The number of hydrogen-bond acceptors (Lipinski definition) is 6. The summed E-state index contributed by atoms with van der Waals surface area (Å²) in [7, 11) is 3.26. The normalized spacial score (nSPS) is 11.2. The summed E-state index contributed by atoms with van der Waals surface area (Å²) in [6.07, 6.45) is 0. The van der Waals surface area contributed by atoms with Gasteiger partial charge in [0.15, 0.2) is 5.11 Å². The maximum absolute atomic E-state index is 5.96. The largest absolute Gasteiger partial charge is 0.497 e. The number of methoxy groups -OCH3 is 2. The summed E-state index contributed by atoms with van der Waals surface area (Å²) in [6.45, 7) is 0. The third-order valence-electron chi connectivity index (χ3n) is 4.55. The molecule has 0 aliphatic rings. The van der Waals surface area contributed by atoms with Crippen molar-refractivity contribution in [1.82, 2.24) is 8.94 Å². The maximum Gasteiger partial charge on any atom is 0.225 e. The second kappa shape index (κ2) is 10.5. The Morgan fingerprint density at radius 3 is 2.39 bits per heavy atom. The van der Waals surface area contributed by atoms with Crippen molar-refractivity contribution in [3.8, 4) is 17.2 Å². The highest BCUT2D eigenvalue weighted by Gasteiger charge is 2.12. The monoisotopic (exact) mass is 497 g/mol. The van der Waals surface area contributed by atoms with Gasteiger partial charge in [-0.1, -0.05) is 23.7 Å². The van der Waals surface area contributed by atoms with Crippen molar-refractivity contribution in [2.45, 2.75) is 0 Å². The van der Waals surface area contributed by atoms with Crippen LogP contribution in [0.5, 0.6) is 11.5 Å². The first-order valence-corrected chi connectivity index (χ1v) is 11.4.